The fourth-order valence-corrected chi connectivity index (χ4v) is 2.95. The molecule has 5 heteroatoms. The lowest BCUT2D eigenvalue weighted by Crippen LogP contribution is -2.46. The Morgan fingerprint density at radius 2 is 2.16 bits per heavy atom. The van der Waals surface area contributed by atoms with Crippen LogP contribution in [0.25, 0.3) is 0 Å². The smallest absolute Gasteiger partial charge is 0.169 e. The van der Waals surface area contributed by atoms with Gasteiger partial charge >= 0.3 is 0 Å². The molecule has 0 aromatic heterocycles. The molecule has 1 aromatic rings. The van der Waals surface area contributed by atoms with Crippen molar-refractivity contribution in [3.8, 4) is 11.5 Å². The molecule has 0 atom stereocenters. The van der Waals surface area contributed by atoms with E-state index in [4.69, 9.17) is 10.1 Å². The number of ether oxygens (including phenoxy) is 1. The third-order valence-corrected chi connectivity index (χ3v) is 4.14. The quantitative estimate of drug-likeness (QED) is 0.782. The zero-order valence-corrected chi connectivity index (χ0v) is 10.9. The molecule has 1 saturated carbocycles. The van der Waals surface area contributed by atoms with Crippen molar-refractivity contribution in [2.75, 3.05) is 6.61 Å². The Bertz CT molecular complexity index is 538. The van der Waals surface area contributed by atoms with Crippen LogP contribution < -0.4 is 4.74 Å². The summed E-state index contributed by atoms with van der Waals surface area (Å²) in [4.78, 5) is 0. The summed E-state index contributed by atoms with van der Waals surface area (Å²) >= 11 is 0. The Balaban J connectivity index is 2.07. The first-order valence-corrected chi connectivity index (χ1v) is 6.69. The van der Waals surface area contributed by atoms with Crippen LogP contribution in [0.4, 0.5) is 0 Å². The molecular weight excluding hydrogens is 244 g/mol. The van der Waals surface area contributed by atoms with Crippen LogP contribution in [0.1, 0.15) is 43.7 Å². The molecule has 2 aliphatic rings. The molecule has 0 bridgehead atoms. The molecule has 0 saturated heterocycles. The number of nitrogens with zero attached hydrogens (tertiary/aromatic N) is 1. The van der Waals surface area contributed by atoms with E-state index >= 15 is 0 Å². The molecule has 1 aliphatic carbocycles. The highest BCUT2D eigenvalue weighted by molar-refractivity contribution is 6.04. The van der Waals surface area contributed by atoms with Gasteiger partial charge in [-0.1, -0.05) is 13.0 Å². The molecule has 1 spiro atoms. The van der Waals surface area contributed by atoms with Crippen LogP contribution in [0, 0.1) is 5.41 Å². The van der Waals surface area contributed by atoms with Gasteiger partial charge in [-0.05, 0) is 37.3 Å². The molecule has 1 aliphatic heterocycles. The molecule has 1 fully saturated rings. The van der Waals surface area contributed by atoms with Crippen molar-refractivity contribution >= 4 is 5.84 Å². The average Bonchev–Trinajstić information content (AvgIpc) is 2.58. The molecule has 3 N–H and O–H groups in total. The largest absolute Gasteiger partial charge is 0.504 e. The molecule has 19 heavy (non-hydrogen) atoms. The van der Waals surface area contributed by atoms with E-state index < -0.39 is 5.54 Å². The van der Waals surface area contributed by atoms with Crippen LogP contribution in [-0.2, 0) is 5.54 Å². The van der Waals surface area contributed by atoms with Crippen molar-refractivity contribution in [2.24, 2.45) is 0 Å². The Morgan fingerprint density at radius 1 is 1.42 bits per heavy atom. The molecule has 0 radical (unpaired) electrons. The number of phenols is 1. The van der Waals surface area contributed by atoms with Crippen LogP contribution in [-0.4, -0.2) is 27.8 Å². The Hall–Kier alpha value is -1.75. The number of nitrogens with one attached hydrogen (secondary N) is 1. The maximum absolute atomic E-state index is 10.3. The first-order chi connectivity index (χ1) is 9.12. The first kappa shape index (κ1) is 12.3. The lowest BCUT2D eigenvalue weighted by molar-refractivity contribution is -0.138. The Labute approximate surface area is 111 Å². The van der Waals surface area contributed by atoms with Gasteiger partial charge in [0.1, 0.15) is 0 Å². The number of phenolic OH excluding ortho intramolecular Hbond substituents is 1. The highest BCUT2D eigenvalue weighted by Gasteiger charge is 2.53. The van der Waals surface area contributed by atoms with E-state index in [0.29, 0.717) is 17.9 Å². The van der Waals surface area contributed by atoms with Crippen LogP contribution in [0.2, 0.25) is 0 Å². The fraction of sp³-hybridized carbons (Fsp3) is 0.500. The summed E-state index contributed by atoms with van der Waals surface area (Å²) in [7, 11) is 0. The molecule has 1 aromatic carbocycles. The number of rotatable bonds is 3. The summed E-state index contributed by atoms with van der Waals surface area (Å²) in [5.41, 5.74) is 0.760. The van der Waals surface area contributed by atoms with E-state index in [9.17, 15) is 10.3 Å². The standard InChI is InChI=1S/C14H18N2O3/c1-2-8-19-10-5-4-9-11(12(10)17)13(15)16(18)14(9)6-3-7-14/h4-5,15,17-18H,2-3,6-8H2,1H3. The van der Waals surface area contributed by atoms with Crippen molar-refractivity contribution in [1.29, 1.82) is 5.41 Å². The van der Waals surface area contributed by atoms with Gasteiger partial charge in [0, 0.05) is 0 Å². The van der Waals surface area contributed by atoms with Crippen molar-refractivity contribution in [1.82, 2.24) is 5.06 Å². The number of hydroxylamine groups is 2. The van der Waals surface area contributed by atoms with Gasteiger partial charge in [0.05, 0.1) is 17.7 Å². The maximum Gasteiger partial charge on any atom is 0.169 e. The maximum atomic E-state index is 10.3. The van der Waals surface area contributed by atoms with Crippen LogP contribution >= 0.6 is 0 Å². The van der Waals surface area contributed by atoms with Gasteiger partial charge in [-0.25, -0.2) is 5.06 Å². The second kappa shape index (κ2) is 4.13. The van der Waals surface area contributed by atoms with Crippen LogP contribution in [0.5, 0.6) is 11.5 Å². The number of hydrogen-bond donors (Lipinski definition) is 3. The zero-order valence-electron chi connectivity index (χ0n) is 10.9. The van der Waals surface area contributed by atoms with Gasteiger partial charge in [0.2, 0.25) is 0 Å². The van der Waals surface area contributed by atoms with Crippen molar-refractivity contribution < 1.29 is 15.1 Å². The van der Waals surface area contributed by atoms with Crippen molar-refractivity contribution in [3.05, 3.63) is 23.3 Å². The summed E-state index contributed by atoms with van der Waals surface area (Å²) in [6.45, 7) is 2.51. The highest BCUT2D eigenvalue weighted by atomic mass is 16.5. The van der Waals surface area contributed by atoms with Gasteiger partial charge in [0.15, 0.2) is 17.3 Å². The molecular formula is C14H18N2O3. The highest BCUT2D eigenvalue weighted by Crippen LogP contribution is 2.54. The molecule has 0 unspecified atom stereocenters. The number of hydrogen-bond acceptors (Lipinski definition) is 4. The fourth-order valence-electron chi connectivity index (χ4n) is 2.95. The molecule has 102 valence electrons. The van der Waals surface area contributed by atoms with Gasteiger partial charge in [-0.2, -0.15) is 0 Å². The van der Waals surface area contributed by atoms with Gasteiger partial charge in [-0.15, -0.1) is 0 Å². The second-order valence-corrected chi connectivity index (χ2v) is 5.23. The number of amidine groups is 1. The van der Waals surface area contributed by atoms with Crippen molar-refractivity contribution in [2.45, 2.75) is 38.1 Å². The second-order valence-electron chi connectivity index (χ2n) is 5.23. The first-order valence-electron chi connectivity index (χ1n) is 6.69. The molecule has 3 rings (SSSR count). The van der Waals surface area contributed by atoms with E-state index in [1.807, 2.05) is 13.0 Å². The van der Waals surface area contributed by atoms with E-state index in [2.05, 4.69) is 0 Å². The van der Waals surface area contributed by atoms with E-state index in [1.54, 1.807) is 6.07 Å². The predicted octanol–water partition coefficient (Wildman–Crippen LogP) is 2.59. The normalized spacial score (nSPS) is 19.5. The van der Waals surface area contributed by atoms with E-state index in [1.165, 1.54) is 0 Å². The number of benzene rings is 1. The summed E-state index contributed by atoms with van der Waals surface area (Å²) in [5.74, 6) is 0.322. The molecule has 1 heterocycles. The predicted molar refractivity (Wildman–Crippen MR) is 69.9 cm³/mol. The Kier molecular flexibility index (Phi) is 2.67. The minimum absolute atomic E-state index is 0.0289. The number of aromatic hydroxyl groups is 1. The third kappa shape index (κ3) is 1.48. The average molecular weight is 262 g/mol. The van der Waals surface area contributed by atoms with E-state index in [0.717, 1.165) is 36.3 Å². The lowest BCUT2D eigenvalue weighted by atomic mass is 9.72. The number of fused-ring (bicyclic) bond motifs is 2. The topological polar surface area (TPSA) is 76.8 Å². The Morgan fingerprint density at radius 3 is 2.74 bits per heavy atom. The van der Waals surface area contributed by atoms with Gasteiger partial charge < -0.3 is 9.84 Å². The summed E-state index contributed by atoms with van der Waals surface area (Å²) in [6.07, 6.45) is 3.50. The SMILES string of the molecule is CCCOc1ccc2c(c1O)C(=N)N(O)C21CCC1. The van der Waals surface area contributed by atoms with Crippen LogP contribution in [0.15, 0.2) is 12.1 Å². The lowest BCUT2D eigenvalue weighted by Gasteiger charge is -2.43. The zero-order chi connectivity index (χ0) is 13.6. The van der Waals surface area contributed by atoms with Crippen LogP contribution in [0.3, 0.4) is 0 Å². The monoisotopic (exact) mass is 262 g/mol. The minimum atomic E-state index is -0.493. The summed E-state index contributed by atoms with van der Waals surface area (Å²) < 4.78 is 5.47. The van der Waals surface area contributed by atoms with E-state index in [-0.39, 0.29) is 11.6 Å². The minimum Gasteiger partial charge on any atom is -0.504 e. The molecule has 0 amide bonds. The third-order valence-electron chi connectivity index (χ3n) is 4.14. The van der Waals surface area contributed by atoms with Gasteiger partial charge in [0.25, 0.3) is 0 Å². The summed E-state index contributed by atoms with van der Waals surface area (Å²) in [6, 6.07) is 3.60. The molecule has 5 nitrogen and oxygen atoms in total. The van der Waals surface area contributed by atoms with Gasteiger partial charge in [-0.3, -0.25) is 10.6 Å². The van der Waals surface area contributed by atoms with Crippen molar-refractivity contribution in [3.63, 3.8) is 0 Å². The summed E-state index contributed by atoms with van der Waals surface area (Å²) in [5, 5.41) is 29.4.